The summed E-state index contributed by atoms with van der Waals surface area (Å²) in [6, 6.07) is 24.4. The lowest BCUT2D eigenvalue weighted by molar-refractivity contribution is 0.247. The molecule has 0 saturated carbocycles. The maximum absolute atomic E-state index is 12.5. The topological polar surface area (TPSA) is 78.8 Å². The third-order valence-electron chi connectivity index (χ3n) is 4.06. The van der Waals surface area contributed by atoms with Crippen molar-refractivity contribution in [3.63, 3.8) is 0 Å². The fourth-order valence-electron chi connectivity index (χ4n) is 2.57. The average Bonchev–Trinajstić information content (AvgIpc) is 2.70. The van der Waals surface area contributed by atoms with Gasteiger partial charge in [0.25, 0.3) is 10.0 Å². The van der Waals surface area contributed by atoms with Crippen LogP contribution in [-0.4, -0.2) is 19.2 Å². The summed E-state index contributed by atoms with van der Waals surface area (Å²) in [4.78, 5) is 2.35. The molecule has 6 heteroatoms. The first-order chi connectivity index (χ1) is 13.0. The van der Waals surface area contributed by atoms with E-state index < -0.39 is 16.1 Å². The second-order valence-electron chi connectivity index (χ2n) is 6.08. The van der Waals surface area contributed by atoms with Crippen LogP contribution in [0.1, 0.15) is 22.8 Å². The number of aliphatic hydroxyl groups excluding tert-OH is 1. The van der Waals surface area contributed by atoms with Gasteiger partial charge < -0.3 is 5.11 Å². The van der Waals surface area contributed by atoms with Gasteiger partial charge in [-0.15, -0.1) is 0 Å². The Morgan fingerprint density at radius 2 is 1.44 bits per heavy atom. The van der Waals surface area contributed by atoms with Crippen LogP contribution in [-0.2, 0) is 10.0 Å². The molecule has 138 valence electrons. The molecule has 0 spiro atoms. The third-order valence-corrected chi connectivity index (χ3v) is 5.29. The minimum atomic E-state index is -3.84. The number of rotatable bonds is 6. The Labute approximate surface area is 159 Å². The summed E-state index contributed by atoms with van der Waals surface area (Å²) < 4.78 is 25.1. The van der Waals surface area contributed by atoms with Gasteiger partial charge >= 0.3 is 0 Å². The molecule has 27 heavy (non-hydrogen) atoms. The van der Waals surface area contributed by atoms with E-state index in [1.165, 1.54) is 12.1 Å². The number of hydrogen-bond acceptors (Lipinski definition) is 4. The van der Waals surface area contributed by atoms with Gasteiger partial charge in [0, 0.05) is 5.56 Å². The van der Waals surface area contributed by atoms with Crippen molar-refractivity contribution in [2.45, 2.75) is 17.9 Å². The van der Waals surface area contributed by atoms with Gasteiger partial charge in [0.15, 0.2) is 0 Å². The molecule has 3 aromatic carbocycles. The molecule has 0 heterocycles. The molecule has 0 aliphatic carbocycles. The van der Waals surface area contributed by atoms with E-state index in [4.69, 9.17) is 0 Å². The molecule has 0 aliphatic heterocycles. The highest BCUT2D eigenvalue weighted by Gasteiger charge is 2.19. The maximum atomic E-state index is 12.5. The zero-order chi connectivity index (χ0) is 19.3. The van der Waals surface area contributed by atoms with Crippen molar-refractivity contribution >= 4 is 15.7 Å². The van der Waals surface area contributed by atoms with E-state index in [-0.39, 0.29) is 10.6 Å². The van der Waals surface area contributed by atoms with Crippen LogP contribution in [0.4, 0.5) is 0 Å². The maximum Gasteiger partial charge on any atom is 0.276 e. The first-order valence-electron chi connectivity index (χ1n) is 8.42. The van der Waals surface area contributed by atoms with Crippen molar-refractivity contribution in [2.24, 2.45) is 5.10 Å². The summed E-state index contributed by atoms with van der Waals surface area (Å²) in [5.74, 6) is 0. The molecule has 5 nitrogen and oxygen atoms in total. The minimum Gasteiger partial charge on any atom is -0.382 e. The van der Waals surface area contributed by atoms with Crippen LogP contribution in [0, 0.1) is 6.92 Å². The molecule has 0 saturated heterocycles. The van der Waals surface area contributed by atoms with E-state index in [0.717, 1.165) is 5.56 Å². The molecule has 1 atom stereocenters. The summed E-state index contributed by atoms with van der Waals surface area (Å²) in [6.07, 6.45) is -1.07. The Morgan fingerprint density at radius 1 is 0.889 bits per heavy atom. The molecule has 3 rings (SSSR count). The summed E-state index contributed by atoms with van der Waals surface area (Å²) in [5, 5.41) is 14.8. The zero-order valence-corrected chi connectivity index (χ0v) is 15.6. The van der Waals surface area contributed by atoms with Gasteiger partial charge in [0.05, 0.1) is 4.90 Å². The predicted molar refractivity (Wildman–Crippen MR) is 106 cm³/mol. The fraction of sp³-hybridized carbons (Fsp3) is 0.0952. The van der Waals surface area contributed by atoms with Crippen molar-refractivity contribution in [1.82, 2.24) is 4.83 Å². The Morgan fingerprint density at radius 3 is 2.04 bits per heavy atom. The summed E-state index contributed by atoms with van der Waals surface area (Å²) >= 11 is 0. The normalized spacial score (nSPS) is 13.2. The van der Waals surface area contributed by atoms with Crippen molar-refractivity contribution in [3.05, 3.63) is 102 Å². The largest absolute Gasteiger partial charge is 0.382 e. The molecule has 0 fully saturated rings. The zero-order valence-electron chi connectivity index (χ0n) is 14.8. The lowest BCUT2D eigenvalue weighted by Gasteiger charge is -2.15. The van der Waals surface area contributed by atoms with Crippen molar-refractivity contribution in [3.8, 4) is 0 Å². The molecular weight excluding hydrogens is 360 g/mol. The van der Waals surface area contributed by atoms with Crippen LogP contribution in [0.5, 0.6) is 0 Å². The van der Waals surface area contributed by atoms with Crippen LogP contribution < -0.4 is 4.83 Å². The SMILES string of the molecule is Cc1ccc(S(=O)(=O)NN=C(c2ccccc2)C(O)c2ccccc2)cc1. The molecule has 0 aromatic heterocycles. The minimum absolute atomic E-state index is 0.110. The fourth-order valence-corrected chi connectivity index (χ4v) is 3.38. The van der Waals surface area contributed by atoms with E-state index in [0.29, 0.717) is 11.1 Å². The van der Waals surface area contributed by atoms with E-state index in [1.54, 1.807) is 60.7 Å². The van der Waals surface area contributed by atoms with Gasteiger partial charge in [-0.2, -0.15) is 18.4 Å². The number of hydrazone groups is 1. The summed E-state index contributed by atoms with van der Waals surface area (Å²) in [5.41, 5.74) is 2.43. The average molecular weight is 380 g/mol. The lowest BCUT2D eigenvalue weighted by Crippen LogP contribution is -2.23. The Balaban J connectivity index is 1.96. The van der Waals surface area contributed by atoms with Gasteiger partial charge in [0.2, 0.25) is 0 Å². The molecule has 2 N–H and O–H groups in total. The van der Waals surface area contributed by atoms with Gasteiger partial charge in [-0.1, -0.05) is 78.4 Å². The third kappa shape index (κ3) is 4.61. The number of hydrogen-bond donors (Lipinski definition) is 2. The quantitative estimate of drug-likeness (QED) is 0.508. The van der Waals surface area contributed by atoms with Crippen molar-refractivity contribution < 1.29 is 13.5 Å². The highest BCUT2D eigenvalue weighted by molar-refractivity contribution is 7.89. The number of aryl methyl sites for hydroxylation is 1. The van der Waals surface area contributed by atoms with Crippen LogP contribution in [0.2, 0.25) is 0 Å². The molecule has 0 aliphatic rings. The first-order valence-corrected chi connectivity index (χ1v) is 9.90. The van der Waals surface area contributed by atoms with Gasteiger partial charge in [-0.05, 0) is 24.6 Å². The van der Waals surface area contributed by atoms with Crippen LogP contribution in [0.15, 0.2) is 94.9 Å². The molecule has 0 bridgehead atoms. The standard InChI is InChI=1S/C21H20N2O3S/c1-16-12-14-19(15-13-16)27(25,26)23-22-20(17-8-4-2-5-9-17)21(24)18-10-6-3-7-11-18/h2-15,21,23-24H,1H3. The molecular formula is C21H20N2O3S. The number of nitrogens with zero attached hydrogens (tertiary/aromatic N) is 1. The van der Waals surface area contributed by atoms with Gasteiger partial charge in [-0.25, -0.2) is 0 Å². The molecule has 0 amide bonds. The van der Waals surface area contributed by atoms with Crippen LogP contribution in [0.25, 0.3) is 0 Å². The molecule has 0 radical (unpaired) electrons. The van der Waals surface area contributed by atoms with E-state index in [2.05, 4.69) is 9.93 Å². The second-order valence-corrected chi connectivity index (χ2v) is 7.74. The lowest BCUT2D eigenvalue weighted by atomic mass is 9.99. The first kappa shape index (κ1) is 18.8. The summed E-state index contributed by atoms with van der Waals surface area (Å²) in [7, 11) is -3.84. The highest BCUT2D eigenvalue weighted by Crippen LogP contribution is 2.19. The van der Waals surface area contributed by atoms with Crippen molar-refractivity contribution in [1.29, 1.82) is 0 Å². The number of nitrogens with one attached hydrogen (secondary N) is 1. The Hall–Kier alpha value is -2.96. The number of benzene rings is 3. The van der Waals surface area contributed by atoms with Crippen LogP contribution in [0.3, 0.4) is 0 Å². The summed E-state index contributed by atoms with van der Waals surface area (Å²) in [6.45, 7) is 1.88. The second kappa shape index (κ2) is 8.16. The van der Waals surface area contributed by atoms with E-state index >= 15 is 0 Å². The van der Waals surface area contributed by atoms with E-state index in [1.807, 2.05) is 19.1 Å². The number of sulfonamides is 1. The predicted octanol–water partition coefficient (Wildman–Crippen LogP) is 3.41. The molecule has 1 unspecified atom stereocenters. The van der Waals surface area contributed by atoms with Crippen LogP contribution >= 0.6 is 0 Å². The smallest absolute Gasteiger partial charge is 0.276 e. The molecule has 3 aromatic rings. The monoisotopic (exact) mass is 380 g/mol. The Bertz CT molecular complexity index is 1020. The highest BCUT2D eigenvalue weighted by atomic mass is 32.2. The van der Waals surface area contributed by atoms with Gasteiger partial charge in [0.1, 0.15) is 11.8 Å². The van der Waals surface area contributed by atoms with E-state index in [9.17, 15) is 13.5 Å². The number of aliphatic hydroxyl groups is 1. The van der Waals surface area contributed by atoms with Crippen molar-refractivity contribution in [2.75, 3.05) is 0 Å². The van der Waals surface area contributed by atoms with Gasteiger partial charge in [-0.3, -0.25) is 0 Å². The Kier molecular flexibility index (Phi) is 5.69.